The molecule has 0 aliphatic rings. The standard InChI is InChI=1S/C20H22ClN5O3/c1-28-12-11-23-20(27)24-18-17(13-7-9-14(29-2)10-8-13)25-26(19(18)22)16-6-4-3-5-15(16)21/h3-10H,11-12,22H2,1-2H3,(H2,23,24,27). The number of hydrogen-bond donors (Lipinski definition) is 3. The van der Waals surface area contributed by atoms with Gasteiger partial charge in [-0.05, 0) is 36.4 Å². The van der Waals surface area contributed by atoms with Gasteiger partial charge in [0.15, 0.2) is 5.82 Å². The summed E-state index contributed by atoms with van der Waals surface area (Å²) in [5, 5.41) is 10.6. The minimum Gasteiger partial charge on any atom is -0.497 e. The lowest BCUT2D eigenvalue weighted by Crippen LogP contribution is -2.31. The maximum absolute atomic E-state index is 12.3. The highest BCUT2D eigenvalue weighted by Gasteiger charge is 2.21. The van der Waals surface area contributed by atoms with Gasteiger partial charge in [-0.2, -0.15) is 5.10 Å². The normalized spacial score (nSPS) is 10.6. The number of hydrogen-bond acceptors (Lipinski definition) is 5. The molecule has 8 nitrogen and oxygen atoms in total. The first kappa shape index (κ1) is 20.5. The van der Waals surface area contributed by atoms with Crippen LogP contribution in [0.4, 0.5) is 16.3 Å². The van der Waals surface area contributed by atoms with E-state index in [1.807, 2.05) is 36.4 Å². The molecule has 0 saturated carbocycles. The predicted octanol–water partition coefficient (Wildman–Crippen LogP) is 3.55. The number of carbonyl (C=O) groups excluding carboxylic acids is 1. The molecule has 0 saturated heterocycles. The van der Waals surface area contributed by atoms with Crippen molar-refractivity contribution < 1.29 is 14.3 Å². The van der Waals surface area contributed by atoms with Gasteiger partial charge in [-0.1, -0.05) is 23.7 Å². The summed E-state index contributed by atoms with van der Waals surface area (Å²) in [5.74, 6) is 0.963. The minimum atomic E-state index is -0.415. The van der Waals surface area contributed by atoms with E-state index in [0.29, 0.717) is 41.0 Å². The Morgan fingerprint density at radius 2 is 1.90 bits per heavy atom. The summed E-state index contributed by atoms with van der Waals surface area (Å²) in [5.41, 5.74) is 8.60. The monoisotopic (exact) mass is 415 g/mol. The number of nitrogen functional groups attached to an aromatic ring is 1. The molecule has 0 atom stereocenters. The number of urea groups is 1. The molecule has 1 aromatic heterocycles. The van der Waals surface area contributed by atoms with E-state index in [2.05, 4.69) is 15.7 Å². The van der Waals surface area contributed by atoms with Crippen molar-refractivity contribution in [2.75, 3.05) is 38.4 Å². The Balaban J connectivity index is 2.03. The van der Waals surface area contributed by atoms with Gasteiger partial charge < -0.3 is 25.8 Å². The number of anilines is 2. The van der Waals surface area contributed by atoms with Crippen molar-refractivity contribution in [3.8, 4) is 22.7 Å². The Labute approximate surface area is 173 Å². The Bertz CT molecular complexity index is 988. The number of methoxy groups -OCH3 is 2. The first-order valence-electron chi connectivity index (χ1n) is 8.86. The summed E-state index contributed by atoms with van der Waals surface area (Å²) in [6, 6.07) is 14.1. The number of nitrogens with two attached hydrogens (primary N) is 1. The molecular formula is C20H22ClN5O3. The lowest BCUT2D eigenvalue weighted by atomic mass is 10.1. The number of amides is 2. The number of nitrogens with one attached hydrogen (secondary N) is 2. The molecule has 0 spiro atoms. The summed E-state index contributed by atoms with van der Waals surface area (Å²) in [6.45, 7) is 0.756. The van der Waals surface area contributed by atoms with Crippen LogP contribution in [0.15, 0.2) is 48.5 Å². The van der Waals surface area contributed by atoms with Gasteiger partial charge >= 0.3 is 6.03 Å². The molecule has 2 aromatic carbocycles. The van der Waals surface area contributed by atoms with Crippen LogP contribution in [-0.4, -0.2) is 43.2 Å². The Kier molecular flexibility index (Phi) is 6.58. The quantitative estimate of drug-likeness (QED) is 0.512. The summed E-state index contributed by atoms with van der Waals surface area (Å²) < 4.78 is 11.7. The van der Waals surface area contributed by atoms with Crippen LogP contribution in [0.5, 0.6) is 5.75 Å². The highest BCUT2D eigenvalue weighted by atomic mass is 35.5. The smallest absolute Gasteiger partial charge is 0.319 e. The van der Waals surface area contributed by atoms with Crippen LogP contribution in [0.25, 0.3) is 16.9 Å². The molecule has 0 unspecified atom stereocenters. The van der Waals surface area contributed by atoms with Crippen LogP contribution in [0.3, 0.4) is 0 Å². The lowest BCUT2D eigenvalue weighted by Gasteiger charge is -2.09. The highest BCUT2D eigenvalue weighted by molar-refractivity contribution is 6.32. The zero-order valence-electron chi connectivity index (χ0n) is 16.1. The van der Waals surface area contributed by atoms with Gasteiger partial charge in [0.2, 0.25) is 0 Å². The van der Waals surface area contributed by atoms with E-state index in [4.69, 9.17) is 26.8 Å². The summed E-state index contributed by atoms with van der Waals surface area (Å²) in [6.07, 6.45) is 0. The van der Waals surface area contributed by atoms with Gasteiger partial charge in [0, 0.05) is 19.2 Å². The van der Waals surface area contributed by atoms with Crippen LogP contribution in [0.1, 0.15) is 0 Å². The molecule has 3 aromatic rings. The molecule has 3 rings (SSSR count). The molecule has 0 fully saturated rings. The van der Waals surface area contributed by atoms with E-state index in [0.717, 1.165) is 5.56 Å². The van der Waals surface area contributed by atoms with Gasteiger partial charge in [-0.25, -0.2) is 9.48 Å². The van der Waals surface area contributed by atoms with Crippen LogP contribution in [0.2, 0.25) is 5.02 Å². The van der Waals surface area contributed by atoms with Crippen molar-refractivity contribution in [1.29, 1.82) is 0 Å². The molecule has 29 heavy (non-hydrogen) atoms. The van der Waals surface area contributed by atoms with Gasteiger partial charge in [0.05, 0.1) is 24.4 Å². The van der Waals surface area contributed by atoms with Gasteiger partial charge in [-0.3, -0.25) is 0 Å². The third-order valence-electron chi connectivity index (χ3n) is 4.20. The molecule has 9 heteroatoms. The Morgan fingerprint density at radius 1 is 1.17 bits per heavy atom. The summed E-state index contributed by atoms with van der Waals surface area (Å²) in [4.78, 5) is 12.3. The lowest BCUT2D eigenvalue weighted by molar-refractivity contribution is 0.198. The SMILES string of the molecule is COCCNC(=O)Nc1c(-c2ccc(OC)cc2)nn(-c2ccccc2Cl)c1N. The zero-order valence-corrected chi connectivity index (χ0v) is 16.9. The van der Waals surface area contributed by atoms with Crippen LogP contribution in [0, 0.1) is 0 Å². The molecule has 152 valence electrons. The fourth-order valence-electron chi connectivity index (χ4n) is 2.74. The predicted molar refractivity (Wildman–Crippen MR) is 114 cm³/mol. The number of nitrogens with zero attached hydrogens (tertiary/aromatic N) is 2. The van der Waals surface area contributed by atoms with Gasteiger partial charge in [0.1, 0.15) is 17.1 Å². The average Bonchev–Trinajstić information content (AvgIpc) is 3.05. The van der Waals surface area contributed by atoms with Gasteiger partial charge in [0.25, 0.3) is 0 Å². The maximum Gasteiger partial charge on any atom is 0.319 e. The van der Waals surface area contributed by atoms with Crippen molar-refractivity contribution >= 4 is 29.1 Å². The Hall–Kier alpha value is -3.23. The molecule has 0 aliphatic heterocycles. The number of carbonyl (C=O) groups is 1. The molecule has 0 aliphatic carbocycles. The van der Waals surface area contributed by atoms with Crippen molar-refractivity contribution in [1.82, 2.24) is 15.1 Å². The second kappa shape index (κ2) is 9.31. The molecule has 1 heterocycles. The van der Waals surface area contributed by atoms with E-state index in [1.54, 1.807) is 26.4 Å². The topological polar surface area (TPSA) is 103 Å². The fraction of sp³-hybridized carbons (Fsp3) is 0.200. The summed E-state index contributed by atoms with van der Waals surface area (Å²) >= 11 is 6.32. The van der Waals surface area contributed by atoms with Crippen molar-refractivity contribution in [3.63, 3.8) is 0 Å². The molecule has 2 amide bonds. The maximum atomic E-state index is 12.3. The molecular weight excluding hydrogens is 394 g/mol. The average molecular weight is 416 g/mol. The first-order chi connectivity index (χ1) is 14.0. The number of aromatic nitrogens is 2. The van der Waals surface area contributed by atoms with E-state index in [9.17, 15) is 4.79 Å². The molecule has 4 N–H and O–H groups in total. The van der Waals surface area contributed by atoms with E-state index in [1.165, 1.54) is 4.68 Å². The second-order valence-corrected chi connectivity index (χ2v) is 6.48. The van der Waals surface area contributed by atoms with E-state index < -0.39 is 6.03 Å². The first-order valence-corrected chi connectivity index (χ1v) is 9.24. The van der Waals surface area contributed by atoms with Crippen molar-refractivity contribution in [2.24, 2.45) is 0 Å². The minimum absolute atomic E-state index is 0.255. The third-order valence-corrected chi connectivity index (χ3v) is 4.52. The second-order valence-electron chi connectivity index (χ2n) is 6.07. The van der Waals surface area contributed by atoms with Crippen LogP contribution in [-0.2, 0) is 4.74 Å². The van der Waals surface area contributed by atoms with Crippen molar-refractivity contribution in [3.05, 3.63) is 53.6 Å². The van der Waals surface area contributed by atoms with E-state index >= 15 is 0 Å². The number of ether oxygens (including phenoxy) is 2. The molecule has 0 radical (unpaired) electrons. The highest BCUT2D eigenvalue weighted by Crippen LogP contribution is 2.36. The fourth-order valence-corrected chi connectivity index (χ4v) is 2.95. The number of benzene rings is 2. The number of rotatable bonds is 7. The van der Waals surface area contributed by atoms with Crippen molar-refractivity contribution in [2.45, 2.75) is 0 Å². The Morgan fingerprint density at radius 3 is 2.55 bits per heavy atom. The molecule has 0 bridgehead atoms. The van der Waals surface area contributed by atoms with Crippen LogP contribution >= 0.6 is 11.6 Å². The number of para-hydroxylation sites is 1. The zero-order chi connectivity index (χ0) is 20.8. The summed E-state index contributed by atoms with van der Waals surface area (Å²) in [7, 11) is 3.16. The van der Waals surface area contributed by atoms with E-state index in [-0.39, 0.29) is 5.82 Å². The number of halogens is 1. The largest absolute Gasteiger partial charge is 0.497 e. The van der Waals surface area contributed by atoms with Crippen LogP contribution < -0.4 is 21.1 Å². The van der Waals surface area contributed by atoms with Gasteiger partial charge in [-0.15, -0.1) is 0 Å². The third kappa shape index (κ3) is 4.61.